The number of amides is 2. The summed E-state index contributed by atoms with van der Waals surface area (Å²) < 4.78 is 0. The fourth-order valence-electron chi connectivity index (χ4n) is 2.12. The summed E-state index contributed by atoms with van der Waals surface area (Å²) in [5.74, 6) is -0.820. The first-order valence-corrected chi connectivity index (χ1v) is 6.48. The molecule has 0 unspecified atom stereocenters. The molecule has 100 valence electrons. The second kappa shape index (κ2) is 4.51. The zero-order valence-electron chi connectivity index (χ0n) is 10.1. The number of nitrogen functional groups attached to an aromatic ring is 1. The smallest absolute Gasteiger partial charge is 0.266 e. The molecule has 1 heterocycles. The van der Waals surface area contributed by atoms with Gasteiger partial charge in [0, 0.05) is 5.69 Å². The second-order valence-electron chi connectivity index (χ2n) is 4.35. The number of benzene rings is 2. The van der Waals surface area contributed by atoms with Gasteiger partial charge in [-0.05, 0) is 36.4 Å². The third-order valence-electron chi connectivity index (χ3n) is 3.07. The third-order valence-corrected chi connectivity index (χ3v) is 3.81. The minimum atomic E-state index is -0.421. The number of carbonyl (C=O) groups is 2. The summed E-state index contributed by atoms with van der Waals surface area (Å²) in [6.45, 7) is 0. The maximum Gasteiger partial charge on any atom is 0.266 e. The van der Waals surface area contributed by atoms with Crippen LogP contribution in [0.25, 0.3) is 0 Å². The summed E-state index contributed by atoms with van der Waals surface area (Å²) in [6, 6.07) is 9.21. The van der Waals surface area contributed by atoms with Gasteiger partial charge in [-0.25, -0.2) is 4.90 Å². The maximum atomic E-state index is 12.3. The minimum Gasteiger partial charge on any atom is -0.399 e. The van der Waals surface area contributed by atoms with Crippen LogP contribution in [0, 0.1) is 0 Å². The van der Waals surface area contributed by atoms with E-state index in [2.05, 4.69) is 0 Å². The minimum absolute atomic E-state index is 0.278. The lowest BCUT2D eigenvalue weighted by Gasteiger charge is -2.14. The molecule has 1 aliphatic rings. The van der Waals surface area contributed by atoms with Gasteiger partial charge in [0.05, 0.1) is 26.9 Å². The highest BCUT2D eigenvalue weighted by Gasteiger charge is 2.36. The Bertz CT molecular complexity index is 759. The first-order chi connectivity index (χ1) is 9.49. The first-order valence-electron chi connectivity index (χ1n) is 5.72. The van der Waals surface area contributed by atoms with Crippen LogP contribution in [0.2, 0.25) is 10.0 Å². The van der Waals surface area contributed by atoms with Crippen LogP contribution in [0.5, 0.6) is 0 Å². The number of rotatable bonds is 1. The van der Waals surface area contributed by atoms with Crippen molar-refractivity contribution in [3.05, 3.63) is 57.6 Å². The van der Waals surface area contributed by atoms with Crippen molar-refractivity contribution in [3.63, 3.8) is 0 Å². The van der Waals surface area contributed by atoms with E-state index in [0.29, 0.717) is 27.5 Å². The number of hydrogen-bond acceptors (Lipinski definition) is 3. The van der Waals surface area contributed by atoms with Crippen molar-refractivity contribution in [1.29, 1.82) is 0 Å². The Morgan fingerprint density at radius 2 is 1.55 bits per heavy atom. The predicted molar refractivity (Wildman–Crippen MR) is 78.5 cm³/mol. The van der Waals surface area contributed by atoms with E-state index in [1.807, 2.05) is 0 Å². The van der Waals surface area contributed by atoms with Crippen molar-refractivity contribution >= 4 is 46.4 Å². The van der Waals surface area contributed by atoms with Crippen LogP contribution in [0.1, 0.15) is 20.7 Å². The highest BCUT2D eigenvalue weighted by atomic mass is 35.5. The molecule has 0 saturated heterocycles. The fraction of sp³-hybridized carbons (Fsp3) is 0. The monoisotopic (exact) mass is 306 g/mol. The fourth-order valence-corrected chi connectivity index (χ4v) is 2.41. The van der Waals surface area contributed by atoms with Crippen molar-refractivity contribution in [3.8, 4) is 0 Å². The molecule has 1 aliphatic heterocycles. The molecule has 2 amide bonds. The van der Waals surface area contributed by atoms with E-state index >= 15 is 0 Å². The summed E-state index contributed by atoms with van der Waals surface area (Å²) in [5, 5.41) is 0.636. The van der Waals surface area contributed by atoms with Crippen LogP contribution in [-0.4, -0.2) is 11.8 Å². The van der Waals surface area contributed by atoms with E-state index in [1.54, 1.807) is 18.2 Å². The van der Waals surface area contributed by atoms with Crippen LogP contribution in [-0.2, 0) is 0 Å². The third kappa shape index (κ3) is 1.85. The van der Waals surface area contributed by atoms with Crippen molar-refractivity contribution in [2.45, 2.75) is 0 Å². The van der Waals surface area contributed by atoms with E-state index < -0.39 is 11.8 Å². The lowest BCUT2D eigenvalue weighted by atomic mass is 10.1. The quantitative estimate of drug-likeness (QED) is 0.649. The van der Waals surface area contributed by atoms with E-state index in [9.17, 15) is 9.59 Å². The SMILES string of the molecule is Nc1ccc2c(c1)C(=O)N(c1ccc(Cl)c(Cl)c1)C2=O. The molecule has 0 aliphatic carbocycles. The largest absolute Gasteiger partial charge is 0.399 e. The van der Waals surface area contributed by atoms with Gasteiger partial charge in [0.25, 0.3) is 11.8 Å². The zero-order valence-corrected chi connectivity index (χ0v) is 11.6. The van der Waals surface area contributed by atoms with Crippen LogP contribution >= 0.6 is 23.2 Å². The van der Waals surface area contributed by atoms with Gasteiger partial charge >= 0.3 is 0 Å². The maximum absolute atomic E-state index is 12.3. The second-order valence-corrected chi connectivity index (χ2v) is 5.16. The molecule has 0 bridgehead atoms. The van der Waals surface area contributed by atoms with E-state index in [-0.39, 0.29) is 5.02 Å². The van der Waals surface area contributed by atoms with E-state index in [0.717, 1.165) is 4.90 Å². The molecule has 2 aromatic rings. The number of fused-ring (bicyclic) bond motifs is 1. The molecule has 0 atom stereocenters. The van der Waals surface area contributed by atoms with Gasteiger partial charge in [-0.15, -0.1) is 0 Å². The Kier molecular flexibility index (Phi) is 2.92. The summed E-state index contributed by atoms with van der Waals surface area (Å²) >= 11 is 11.8. The van der Waals surface area contributed by atoms with Gasteiger partial charge < -0.3 is 5.73 Å². The predicted octanol–water partition coefficient (Wildman–Crippen LogP) is 3.38. The lowest BCUT2D eigenvalue weighted by Crippen LogP contribution is -2.29. The van der Waals surface area contributed by atoms with Crippen molar-refractivity contribution in [1.82, 2.24) is 0 Å². The van der Waals surface area contributed by atoms with Gasteiger partial charge in [-0.2, -0.15) is 0 Å². The highest BCUT2D eigenvalue weighted by molar-refractivity contribution is 6.42. The number of hydrogen-bond donors (Lipinski definition) is 1. The van der Waals surface area contributed by atoms with Crippen molar-refractivity contribution < 1.29 is 9.59 Å². The highest BCUT2D eigenvalue weighted by Crippen LogP contribution is 2.33. The molecule has 3 rings (SSSR count). The van der Waals surface area contributed by atoms with Crippen molar-refractivity contribution in [2.24, 2.45) is 0 Å². The Balaban J connectivity index is 2.11. The summed E-state index contributed by atoms with van der Waals surface area (Å²) in [4.78, 5) is 25.7. The molecule has 2 aromatic carbocycles. The summed E-state index contributed by atoms with van der Waals surface area (Å²) in [5.41, 5.74) is 7.08. The molecule has 0 spiro atoms. The van der Waals surface area contributed by atoms with Gasteiger partial charge in [0.1, 0.15) is 0 Å². The molecule has 0 saturated carbocycles. The molecule has 2 N–H and O–H groups in total. The number of imide groups is 1. The average molecular weight is 307 g/mol. The molecule has 4 nitrogen and oxygen atoms in total. The molecule has 20 heavy (non-hydrogen) atoms. The Hall–Kier alpha value is -2.04. The number of anilines is 2. The number of carbonyl (C=O) groups excluding carboxylic acids is 2. The van der Waals surface area contributed by atoms with Crippen LogP contribution < -0.4 is 10.6 Å². The molecule has 0 radical (unpaired) electrons. The number of halogens is 2. The molecular weight excluding hydrogens is 299 g/mol. The van der Waals surface area contributed by atoms with E-state index in [4.69, 9.17) is 28.9 Å². The standard InChI is InChI=1S/C14H8Cl2N2O2/c15-11-4-2-8(6-12(11)16)18-13(19)9-3-1-7(17)5-10(9)14(18)20/h1-6H,17H2. The first kappa shape index (κ1) is 13.0. The summed E-state index contributed by atoms with van der Waals surface area (Å²) in [6.07, 6.45) is 0. The van der Waals surface area contributed by atoms with Crippen molar-refractivity contribution in [2.75, 3.05) is 10.6 Å². The van der Waals surface area contributed by atoms with Crippen LogP contribution in [0.4, 0.5) is 11.4 Å². The zero-order chi connectivity index (χ0) is 14.4. The van der Waals surface area contributed by atoms with Gasteiger partial charge in [0.2, 0.25) is 0 Å². The molecule has 0 fully saturated rings. The van der Waals surface area contributed by atoms with Crippen LogP contribution in [0.15, 0.2) is 36.4 Å². The Morgan fingerprint density at radius 3 is 2.25 bits per heavy atom. The topological polar surface area (TPSA) is 63.4 Å². The lowest BCUT2D eigenvalue weighted by molar-refractivity contribution is 0.0926. The normalized spacial score (nSPS) is 13.8. The average Bonchev–Trinajstić information content (AvgIpc) is 2.65. The van der Waals surface area contributed by atoms with Crippen LogP contribution in [0.3, 0.4) is 0 Å². The molecular formula is C14H8Cl2N2O2. The molecule has 0 aromatic heterocycles. The van der Waals surface area contributed by atoms with Gasteiger partial charge in [-0.3, -0.25) is 9.59 Å². The number of nitrogens with two attached hydrogens (primary N) is 1. The van der Waals surface area contributed by atoms with E-state index in [1.165, 1.54) is 18.2 Å². The summed E-state index contributed by atoms with van der Waals surface area (Å²) in [7, 11) is 0. The van der Waals surface area contributed by atoms with Gasteiger partial charge in [0.15, 0.2) is 0 Å². The molecule has 6 heteroatoms. The Labute approximate surface area is 124 Å². The van der Waals surface area contributed by atoms with Gasteiger partial charge in [-0.1, -0.05) is 23.2 Å². The Morgan fingerprint density at radius 1 is 0.850 bits per heavy atom. The number of nitrogens with zero attached hydrogens (tertiary/aromatic N) is 1.